The molecule has 0 unspecified atom stereocenters. The number of carbonyl (C=O) groups is 2. The second-order valence-electron chi connectivity index (χ2n) is 7.57. The number of rotatable bonds is 6. The molecule has 0 bridgehead atoms. The van der Waals surface area contributed by atoms with Crippen molar-refractivity contribution in [3.05, 3.63) is 48.3 Å². The first-order valence-electron chi connectivity index (χ1n) is 9.37. The fourth-order valence-electron chi connectivity index (χ4n) is 3.48. The average Bonchev–Trinajstić information content (AvgIpc) is 3.28. The molecule has 1 aromatic carbocycles. The summed E-state index contributed by atoms with van der Waals surface area (Å²) in [5.41, 5.74) is 2.88. The normalized spacial score (nSPS) is 16.9. The average molecular weight is 368 g/mol. The van der Waals surface area contributed by atoms with E-state index in [2.05, 4.69) is 4.98 Å². The zero-order valence-electron chi connectivity index (χ0n) is 16.5. The molecule has 0 saturated carbocycles. The van der Waals surface area contributed by atoms with E-state index >= 15 is 0 Å². The molecular weight excluding hydrogens is 340 g/mol. The van der Waals surface area contributed by atoms with Crippen LogP contribution in [0.4, 0.5) is 11.4 Å². The number of H-pyrrole nitrogens is 1. The summed E-state index contributed by atoms with van der Waals surface area (Å²) in [5, 5.41) is 0. The fourth-order valence-corrected chi connectivity index (χ4v) is 3.48. The predicted molar refractivity (Wildman–Crippen MR) is 108 cm³/mol. The molecule has 1 N–H and O–H groups in total. The van der Waals surface area contributed by atoms with E-state index < -0.39 is 0 Å². The van der Waals surface area contributed by atoms with Gasteiger partial charge >= 0.3 is 0 Å². The molecule has 0 aliphatic carbocycles. The number of hydrogen-bond donors (Lipinski definition) is 1. The summed E-state index contributed by atoms with van der Waals surface area (Å²) in [6.45, 7) is 4.93. The zero-order chi connectivity index (χ0) is 19.6. The van der Waals surface area contributed by atoms with Crippen LogP contribution in [0.1, 0.15) is 26.0 Å². The highest BCUT2D eigenvalue weighted by atomic mass is 16.2. The van der Waals surface area contributed by atoms with Crippen molar-refractivity contribution in [1.29, 1.82) is 0 Å². The molecule has 27 heavy (non-hydrogen) atoms. The van der Waals surface area contributed by atoms with Gasteiger partial charge in [0.15, 0.2) is 0 Å². The number of amides is 2. The van der Waals surface area contributed by atoms with Crippen molar-refractivity contribution in [3.63, 3.8) is 0 Å². The highest BCUT2D eigenvalue weighted by Crippen LogP contribution is 2.27. The molecule has 1 saturated heterocycles. The minimum absolute atomic E-state index is 0.00120. The molecule has 2 amide bonds. The molecule has 1 aliphatic rings. The molecule has 1 aliphatic heterocycles. The van der Waals surface area contributed by atoms with E-state index in [1.165, 1.54) is 0 Å². The standard InChI is InChI=1S/C21H28N4O2/c1-15(2)24-13-16(12-20(24)26)21(27)25(14-17-6-5-11-22-17)19-9-7-18(8-10-19)23(3)4/h5-11,15-16,22H,12-14H2,1-4H3/t16-/m0/s1. The summed E-state index contributed by atoms with van der Waals surface area (Å²) in [5.74, 6) is -0.242. The van der Waals surface area contributed by atoms with Crippen LogP contribution in [0.3, 0.4) is 0 Å². The maximum absolute atomic E-state index is 13.3. The lowest BCUT2D eigenvalue weighted by molar-refractivity contribution is -0.129. The fraction of sp³-hybridized carbons (Fsp3) is 0.429. The van der Waals surface area contributed by atoms with Crippen LogP contribution < -0.4 is 9.80 Å². The lowest BCUT2D eigenvalue weighted by Gasteiger charge is -2.27. The number of likely N-dealkylation sites (tertiary alicyclic amines) is 1. The minimum atomic E-state index is -0.302. The summed E-state index contributed by atoms with van der Waals surface area (Å²) in [6, 6.07) is 11.9. The van der Waals surface area contributed by atoms with E-state index in [9.17, 15) is 9.59 Å². The summed E-state index contributed by atoms with van der Waals surface area (Å²) in [7, 11) is 3.98. The van der Waals surface area contributed by atoms with Crippen LogP contribution in [0.2, 0.25) is 0 Å². The van der Waals surface area contributed by atoms with Crippen molar-refractivity contribution in [2.75, 3.05) is 30.4 Å². The topological polar surface area (TPSA) is 59.7 Å². The van der Waals surface area contributed by atoms with Crippen LogP contribution in [0.5, 0.6) is 0 Å². The molecule has 3 rings (SSSR count). The van der Waals surface area contributed by atoms with Gasteiger partial charge in [-0.2, -0.15) is 0 Å². The first-order chi connectivity index (χ1) is 12.9. The highest BCUT2D eigenvalue weighted by molar-refractivity contribution is 5.99. The molecule has 2 heterocycles. The first-order valence-corrected chi connectivity index (χ1v) is 9.37. The Balaban J connectivity index is 1.85. The van der Waals surface area contributed by atoms with Gasteiger partial charge in [0, 0.05) is 56.4 Å². The van der Waals surface area contributed by atoms with Crippen LogP contribution >= 0.6 is 0 Å². The third-order valence-electron chi connectivity index (χ3n) is 5.07. The predicted octanol–water partition coefficient (Wildman–Crippen LogP) is 2.87. The monoisotopic (exact) mass is 368 g/mol. The maximum Gasteiger partial charge on any atom is 0.232 e. The number of nitrogens with zero attached hydrogens (tertiary/aromatic N) is 3. The van der Waals surface area contributed by atoms with Gasteiger partial charge in [0.1, 0.15) is 0 Å². The number of aromatic nitrogens is 1. The van der Waals surface area contributed by atoms with Crippen LogP contribution in [0.25, 0.3) is 0 Å². The molecule has 6 nitrogen and oxygen atoms in total. The summed E-state index contributed by atoms with van der Waals surface area (Å²) in [6.07, 6.45) is 2.14. The van der Waals surface area contributed by atoms with Crippen LogP contribution in [-0.2, 0) is 16.1 Å². The van der Waals surface area contributed by atoms with E-state index in [4.69, 9.17) is 0 Å². The second kappa shape index (κ2) is 7.86. The number of aromatic amines is 1. The Bertz CT molecular complexity index is 781. The minimum Gasteiger partial charge on any atom is -0.378 e. The second-order valence-corrected chi connectivity index (χ2v) is 7.57. The molecule has 1 aromatic heterocycles. The van der Waals surface area contributed by atoms with E-state index in [-0.39, 0.29) is 30.2 Å². The van der Waals surface area contributed by atoms with Gasteiger partial charge in [-0.15, -0.1) is 0 Å². The zero-order valence-corrected chi connectivity index (χ0v) is 16.5. The Kier molecular flexibility index (Phi) is 5.54. The first kappa shape index (κ1) is 19.0. The lowest BCUT2D eigenvalue weighted by Crippen LogP contribution is -2.38. The number of anilines is 2. The van der Waals surface area contributed by atoms with Gasteiger partial charge in [-0.1, -0.05) is 0 Å². The number of nitrogens with one attached hydrogen (secondary N) is 1. The van der Waals surface area contributed by atoms with Gasteiger partial charge in [0.2, 0.25) is 11.8 Å². The van der Waals surface area contributed by atoms with Crippen molar-refractivity contribution >= 4 is 23.2 Å². The van der Waals surface area contributed by atoms with Gasteiger partial charge < -0.3 is 19.7 Å². The van der Waals surface area contributed by atoms with Crippen molar-refractivity contribution < 1.29 is 9.59 Å². The molecule has 1 fully saturated rings. The number of carbonyl (C=O) groups excluding carboxylic acids is 2. The Morgan fingerprint density at radius 3 is 2.37 bits per heavy atom. The maximum atomic E-state index is 13.3. The molecular formula is C21H28N4O2. The van der Waals surface area contributed by atoms with E-state index in [1.807, 2.05) is 75.4 Å². The van der Waals surface area contributed by atoms with Crippen molar-refractivity contribution in [2.45, 2.75) is 32.9 Å². The van der Waals surface area contributed by atoms with Crippen LogP contribution in [-0.4, -0.2) is 48.4 Å². The van der Waals surface area contributed by atoms with E-state index in [0.29, 0.717) is 13.1 Å². The van der Waals surface area contributed by atoms with Gasteiger partial charge in [0.25, 0.3) is 0 Å². The van der Waals surface area contributed by atoms with E-state index in [1.54, 1.807) is 9.80 Å². The molecule has 1 atom stereocenters. The Morgan fingerprint density at radius 2 is 1.85 bits per heavy atom. The molecule has 0 radical (unpaired) electrons. The van der Waals surface area contributed by atoms with Gasteiger partial charge in [-0.25, -0.2) is 0 Å². The third-order valence-corrected chi connectivity index (χ3v) is 5.07. The third kappa shape index (κ3) is 4.15. The Morgan fingerprint density at radius 1 is 1.19 bits per heavy atom. The van der Waals surface area contributed by atoms with Crippen molar-refractivity contribution in [3.8, 4) is 0 Å². The summed E-state index contributed by atoms with van der Waals surface area (Å²) in [4.78, 5) is 34.4. The molecule has 0 spiro atoms. The Labute approximate surface area is 160 Å². The number of benzene rings is 1. The highest BCUT2D eigenvalue weighted by Gasteiger charge is 2.38. The van der Waals surface area contributed by atoms with Crippen LogP contribution in [0, 0.1) is 5.92 Å². The van der Waals surface area contributed by atoms with Crippen molar-refractivity contribution in [2.24, 2.45) is 5.92 Å². The largest absolute Gasteiger partial charge is 0.378 e. The Hall–Kier alpha value is -2.76. The molecule has 2 aromatic rings. The summed E-state index contributed by atoms with van der Waals surface area (Å²) < 4.78 is 0. The molecule has 144 valence electrons. The number of hydrogen-bond acceptors (Lipinski definition) is 3. The smallest absolute Gasteiger partial charge is 0.232 e. The van der Waals surface area contributed by atoms with Gasteiger partial charge in [0.05, 0.1) is 12.5 Å². The SMILES string of the molecule is CC(C)N1C[C@@H](C(=O)N(Cc2ccc[nH]2)c2ccc(N(C)C)cc2)CC1=O. The van der Waals surface area contributed by atoms with Crippen molar-refractivity contribution in [1.82, 2.24) is 9.88 Å². The molecule has 6 heteroatoms. The quantitative estimate of drug-likeness (QED) is 0.853. The lowest BCUT2D eigenvalue weighted by atomic mass is 10.1. The van der Waals surface area contributed by atoms with E-state index in [0.717, 1.165) is 17.1 Å². The summed E-state index contributed by atoms with van der Waals surface area (Å²) >= 11 is 0. The van der Waals surface area contributed by atoms with Gasteiger partial charge in [-0.3, -0.25) is 9.59 Å². The van der Waals surface area contributed by atoms with Gasteiger partial charge in [-0.05, 0) is 50.2 Å². The van der Waals surface area contributed by atoms with Crippen LogP contribution in [0.15, 0.2) is 42.6 Å².